The monoisotopic (exact) mass is 299 g/mol. The number of hydrogen-bond acceptors (Lipinski definition) is 5. The number of rotatable bonds is 7. The molecule has 0 aliphatic heterocycles. The van der Waals surface area contributed by atoms with Gasteiger partial charge in [0.25, 0.3) is 0 Å². The topological polar surface area (TPSA) is 72.0 Å². The van der Waals surface area contributed by atoms with Crippen molar-refractivity contribution in [3.05, 3.63) is 22.8 Å². The molecule has 1 rings (SSSR count). The van der Waals surface area contributed by atoms with Crippen molar-refractivity contribution in [1.29, 1.82) is 0 Å². The van der Waals surface area contributed by atoms with Gasteiger partial charge in [-0.25, -0.2) is 18.4 Å². The van der Waals surface area contributed by atoms with Gasteiger partial charge in [-0.1, -0.05) is 13.8 Å². The summed E-state index contributed by atoms with van der Waals surface area (Å²) in [5, 5.41) is 3.39. The van der Waals surface area contributed by atoms with E-state index in [0.29, 0.717) is 11.7 Å². The molecule has 1 aromatic heterocycles. The van der Waals surface area contributed by atoms with E-state index in [1.54, 1.807) is 0 Å². The Morgan fingerprint density at radius 1 is 1.15 bits per heavy atom. The maximum absolute atomic E-state index is 11.3. The lowest BCUT2D eigenvalue weighted by Gasteiger charge is -2.12. The van der Waals surface area contributed by atoms with E-state index in [9.17, 15) is 8.42 Å². The van der Waals surface area contributed by atoms with E-state index in [1.807, 2.05) is 13.8 Å². The molecule has 0 aromatic carbocycles. The lowest BCUT2D eigenvalue weighted by molar-refractivity contribution is 0.553. The number of hydrogen-bond donors (Lipinski definition) is 1. The molecule has 0 saturated carbocycles. The van der Waals surface area contributed by atoms with Crippen molar-refractivity contribution < 1.29 is 8.42 Å². The van der Waals surface area contributed by atoms with E-state index in [0.717, 1.165) is 36.5 Å². The summed E-state index contributed by atoms with van der Waals surface area (Å²) in [6, 6.07) is 0. The highest BCUT2D eigenvalue weighted by Crippen LogP contribution is 2.12. The third-order valence-corrected chi connectivity index (χ3v) is 3.75. The standard InChI is InChI=1S/C14H25N3O2S/c1-10(2)8-15-7-6-13-11(3)16-14(17-12(13)4)9-20(5,18)19/h10,15H,6-9H2,1-5H3. The SMILES string of the molecule is Cc1nc(CS(C)(=O)=O)nc(C)c1CCNCC(C)C. The smallest absolute Gasteiger partial charge is 0.154 e. The van der Waals surface area contributed by atoms with Crippen molar-refractivity contribution >= 4 is 9.84 Å². The summed E-state index contributed by atoms with van der Waals surface area (Å²) in [6.45, 7) is 10.1. The molecule has 5 nitrogen and oxygen atoms in total. The first-order valence-electron chi connectivity index (χ1n) is 6.90. The van der Waals surface area contributed by atoms with Crippen LogP contribution in [-0.2, 0) is 22.0 Å². The number of aryl methyl sites for hydroxylation is 2. The van der Waals surface area contributed by atoms with Gasteiger partial charge in [0.15, 0.2) is 9.84 Å². The normalized spacial score (nSPS) is 12.1. The average Bonchev–Trinajstić information content (AvgIpc) is 2.24. The second-order valence-corrected chi connectivity index (χ2v) is 7.85. The molecular formula is C14H25N3O2S. The quantitative estimate of drug-likeness (QED) is 0.771. The summed E-state index contributed by atoms with van der Waals surface area (Å²) < 4.78 is 22.6. The van der Waals surface area contributed by atoms with Crippen molar-refractivity contribution in [3.8, 4) is 0 Å². The van der Waals surface area contributed by atoms with E-state index >= 15 is 0 Å². The fourth-order valence-corrected chi connectivity index (χ4v) is 2.67. The third-order valence-electron chi connectivity index (χ3n) is 2.96. The average molecular weight is 299 g/mol. The summed E-state index contributed by atoms with van der Waals surface area (Å²) >= 11 is 0. The Kier molecular flexibility index (Phi) is 6.07. The molecule has 114 valence electrons. The van der Waals surface area contributed by atoms with Crippen LogP contribution in [-0.4, -0.2) is 37.7 Å². The number of sulfone groups is 1. The zero-order valence-corrected chi connectivity index (χ0v) is 13.8. The van der Waals surface area contributed by atoms with Gasteiger partial charge < -0.3 is 5.32 Å². The predicted molar refractivity (Wildman–Crippen MR) is 81.5 cm³/mol. The lowest BCUT2D eigenvalue weighted by atomic mass is 10.1. The van der Waals surface area contributed by atoms with Crippen LogP contribution in [0.25, 0.3) is 0 Å². The zero-order valence-electron chi connectivity index (χ0n) is 13.0. The molecule has 20 heavy (non-hydrogen) atoms. The first kappa shape index (κ1) is 17.0. The van der Waals surface area contributed by atoms with Crippen LogP contribution in [0.4, 0.5) is 0 Å². The summed E-state index contributed by atoms with van der Waals surface area (Å²) in [7, 11) is -3.09. The van der Waals surface area contributed by atoms with Crippen molar-refractivity contribution in [2.75, 3.05) is 19.3 Å². The van der Waals surface area contributed by atoms with Gasteiger partial charge in [0.05, 0.1) is 0 Å². The van der Waals surface area contributed by atoms with Crippen LogP contribution in [0.15, 0.2) is 0 Å². The van der Waals surface area contributed by atoms with E-state index in [-0.39, 0.29) is 5.75 Å². The fourth-order valence-electron chi connectivity index (χ4n) is 2.07. The maximum Gasteiger partial charge on any atom is 0.154 e. The largest absolute Gasteiger partial charge is 0.316 e. The van der Waals surface area contributed by atoms with Crippen LogP contribution < -0.4 is 5.32 Å². The van der Waals surface area contributed by atoms with Gasteiger partial charge in [-0.2, -0.15) is 0 Å². The van der Waals surface area contributed by atoms with Crippen LogP contribution in [0.3, 0.4) is 0 Å². The number of nitrogens with zero attached hydrogens (tertiary/aromatic N) is 2. The van der Waals surface area contributed by atoms with Crippen molar-refractivity contribution in [3.63, 3.8) is 0 Å². The highest BCUT2D eigenvalue weighted by atomic mass is 32.2. The molecule has 1 aromatic rings. The molecule has 1 N–H and O–H groups in total. The van der Waals surface area contributed by atoms with Crippen LogP contribution in [0.2, 0.25) is 0 Å². The molecule has 0 aliphatic rings. The molecule has 0 aliphatic carbocycles. The first-order chi connectivity index (χ1) is 9.19. The minimum absolute atomic E-state index is 0.0967. The second-order valence-electron chi connectivity index (χ2n) is 5.71. The zero-order chi connectivity index (χ0) is 15.3. The molecule has 0 atom stereocenters. The van der Waals surface area contributed by atoms with Gasteiger partial charge in [-0.15, -0.1) is 0 Å². The Hall–Kier alpha value is -1.01. The van der Waals surface area contributed by atoms with Gasteiger partial charge >= 0.3 is 0 Å². The predicted octanol–water partition coefficient (Wildman–Crippen LogP) is 1.43. The molecule has 0 fully saturated rings. The van der Waals surface area contributed by atoms with E-state index in [1.165, 1.54) is 6.26 Å². The van der Waals surface area contributed by atoms with Crippen molar-refractivity contribution in [1.82, 2.24) is 15.3 Å². The Morgan fingerprint density at radius 3 is 2.15 bits per heavy atom. The Balaban J connectivity index is 2.74. The lowest BCUT2D eigenvalue weighted by Crippen LogP contribution is -2.23. The van der Waals surface area contributed by atoms with Gasteiger partial charge in [0.1, 0.15) is 11.6 Å². The van der Waals surface area contributed by atoms with Gasteiger partial charge in [0, 0.05) is 17.6 Å². The fraction of sp³-hybridized carbons (Fsp3) is 0.714. The third kappa shape index (κ3) is 5.96. The van der Waals surface area contributed by atoms with Crippen LogP contribution >= 0.6 is 0 Å². The Bertz CT molecular complexity index is 531. The van der Waals surface area contributed by atoms with Crippen LogP contribution in [0.5, 0.6) is 0 Å². The van der Waals surface area contributed by atoms with Crippen molar-refractivity contribution in [2.45, 2.75) is 39.9 Å². The van der Waals surface area contributed by atoms with Gasteiger partial charge in [-0.05, 0) is 44.8 Å². The van der Waals surface area contributed by atoms with Crippen molar-refractivity contribution in [2.24, 2.45) is 5.92 Å². The maximum atomic E-state index is 11.3. The number of nitrogens with one attached hydrogen (secondary N) is 1. The highest BCUT2D eigenvalue weighted by molar-refractivity contribution is 7.89. The van der Waals surface area contributed by atoms with E-state index in [2.05, 4.69) is 29.1 Å². The minimum atomic E-state index is -3.09. The summed E-state index contributed by atoms with van der Waals surface area (Å²) in [5.74, 6) is 0.924. The molecule has 1 heterocycles. The van der Waals surface area contributed by atoms with Gasteiger partial charge in [-0.3, -0.25) is 0 Å². The molecular weight excluding hydrogens is 274 g/mol. The molecule has 6 heteroatoms. The molecule has 0 unspecified atom stereocenters. The molecule has 0 saturated heterocycles. The summed E-state index contributed by atoms with van der Waals surface area (Å²) in [5.41, 5.74) is 2.86. The summed E-state index contributed by atoms with van der Waals surface area (Å²) in [4.78, 5) is 8.63. The molecule has 0 spiro atoms. The molecule has 0 bridgehead atoms. The minimum Gasteiger partial charge on any atom is -0.316 e. The molecule has 0 radical (unpaired) electrons. The Labute approximate surface area is 122 Å². The van der Waals surface area contributed by atoms with Gasteiger partial charge in [0.2, 0.25) is 0 Å². The molecule has 0 amide bonds. The second kappa shape index (κ2) is 7.13. The van der Waals surface area contributed by atoms with E-state index < -0.39 is 9.84 Å². The van der Waals surface area contributed by atoms with Crippen LogP contribution in [0.1, 0.15) is 36.6 Å². The Morgan fingerprint density at radius 2 is 1.70 bits per heavy atom. The number of aromatic nitrogens is 2. The van der Waals surface area contributed by atoms with Crippen LogP contribution in [0, 0.1) is 19.8 Å². The highest BCUT2D eigenvalue weighted by Gasteiger charge is 2.12. The first-order valence-corrected chi connectivity index (χ1v) is 8.96. The summed E-state index contributed by atoms with van der Waals surface area (Å²) in [6.07, 6.45) is 2.06. The van der Waals surface area contributed by atoms with E-state index in [4.69, 9.17) is 0 Å².